The molecular weight excluding hydrogens is 611 g/mol. The maximum atomic E-state index is 13.9. The Morgan fingerprint density at radius 2 is 1.41 bits per heavy atom. The van der Waals surface area contributed by atoms with E-state index >= 15 is 0 Å². The standard InChI is InChI=1S/C27H24N3OS2.C7H8O3S/c1-19-12-14-22(15-13-19)30-24(17-23-11-7-8-16-28(23)3)33-25(26(30)31)27-29(20(2)18-32-27)21-9-5-4-6-10-21;1-6-2-4-7(5-3-6)11(8,9)10/h4-18H,1-3H3;2-5H,1H3,(H,8,9,10)/q+1;/p-1/b27-25+;. The van der Waals surface area contributed by atoms with Gasteiger partial charge in [0.15, 0.2) is 6.20 Å². The lowest BCUT2D eigenvalue weighted by Gasteiger charge is -2.20. The van der Waals surface area contributed by atoms with Gasteiger partial charge in [-0.05, 0) is 68.6 Å². The van der Waals surface area contributed by atoms with E-state index in [0.29, 0.717) is 0 Å². The molecule has 1 aliphatic heterocycles. The minimum Gasteiger partial charge on any atom is -0.744 e. The van der Waals surface area contributed by atoms with Gasteiger partial charge >= 0.3 is 0 Å². The second-order valence-electron chi connectivity index (χ2n) is 10.2. The number of aryl methyl sites for hydroxylation is 3. The second-order valence-corrected chi connectivity index (χ2v) is 13.5. The van der Waals surface area contributed by atoms with E-state index in [-0.39, 0.29) is 10.5 Å². The Hall–Kier alpha value is -4.22. The fourth-order valence-corrected chi connectivity index (χ4v) is 7.24. The molecule has 0 bridgehead atoms. The number of anilines is 1. The van der Waals surface area contributed by atoms with E-state index in [1.165, 1.54) is 23.5 Å². The van der Waals surface area contributed by atoms with Crippen molar-refractivity contribution in [2.45, 2.75) is 25.7 Å². The predicted octanol–water partition coefficient (Wildman–Crippen LogP) is 4.94. The molecule has 0 fully saturated rings. The number of benzene rings is 3. The van der Waals surface area contributed by atoms with Crippen LogP contribution in [0.2, 0.25) is 0 Å². The molecule has 3 heterocycles. The van der Waals surface area contributed by atoms with Gasteiger partial charge < -0.3 is 9.45 Å². The molecule has 0 atom stereocenters. The van der Waals surface area contributed by atoms with Crippen LogP contribution >= 0.6 is 23.1 Å². The Labute approximate surface area is 265 Å². The first-order chi connectivity index (χ1) is 21.0. The first-order valence-electron chi connectivity index (χ1n) is 13.7. The fourth-order valence-electron chi connectivity index (χ4n) is 4.54. The van der Waals surface area contributed by atoms with Crippen molar-refractivity contribution in [1.82, 2.24) is 4.57 Å². The molecule has 0 N–H and O–H groups in total. The highest BCUT2D eigenvalue weighted by Crippen LogP contribution is 2.38. The molecule has 7 nitrogen and oxygen atoms in total. The van der Waals surface area contributed by atoms with Crippen molar-refractivity contribution in [2.24, 2.45) is 7.05 Å². The molecular formula is C34H31N3O4S3. The Kier molecular flexibility index (Phi) is 9.36. The number of thioether (sulfide) groups is 1. The number of hydrogen-bond acceptors (Lipinski definition) is 7. The number of pyridine rings is 1. The summed E-state index contributed by atoms with van der Waals surface area (Å²) >= 11 is 3.14. The molecule has 0 unspecified atom stereocenters. The van der Waals surface area contributed by atoms with Crippen molar-refractivity contribution >= 4 is 50.0 Å². The average molecular weight is 642 g/mol. The number of para-hydroxylation sites is 1. The van der Waals surface area contributed by atoms with Gasteiger partial charge in [0.25, 0.3) is 5.56 Å². The van der Waals surface area contributed by atoms with Crippen molar-refractivity contribution in [3.63, 3.8) is 0 Å². The smallest absolute Gasteiger partial charge is 0.276 e. The van der Waals surface area contributed by atoms with Crippen LogP contribution in [0.5, 0.6) is 0 Å². The van der Waals surface area contributed by atoms with E-state index in [9.17, 15) is 17.8 Å². The topological polar surface area (TPSA) is 86.3 Å². The van der Waals surface area contributed by atoms with Gasteiger partial charge in [-0.3, -0.25) is 9.36 Å². The summed E-state index contributed by atoms with van der Waals surface area (Å²) in [5.41, 5.74) is 6.16. The Bertz CT molecular complexity index is 2120. The molecule has 0 saturated heterocycles. The third-order valence-corrected chi connectivity index (χ3v) is 10.0. The molecule has 6 rings (SSSR count). The number of allylic oxidation sites excluding steroid dienone is 1. The van der Waals surface area contributed by atoms with E-state index in [0.717, 1.165) is 48.1 Å². The first kappa shape index (κ1) is 31.2. The maximum Gasteiger partial charge on any atom is 0.276 e. The Morgan fingerprint density at radius 1 is 0.795 bits per heavy atom. The molecule has 0 radical (unpaired) electrons. The molecule has 0 aliphatic carbocycles. The van der Waals surface area contributed by atoms with Crippen LogP contribution in [0, 0.1) is 13.8 Å². The van der Waals surface area contributed by atoms with Gasteiger partial charge in [0, 0.05) is 29.6 Å². The largest absolute Gasteiger partial charge is 0.744 e. The molecule has 3 aromatic carbocycles. The summed E-state index contributed by atoms with van der Waals surface area (Å²) in [6.07, 6.45) is 4.10. The average Bonchev–Trinajstić information content (AvgIpc) is 3.54. The van der Waals surface area contributed by atoms with Gasteiger partial charge in [0.1, 0.15) is 31.4 Å². The van der Waals surface area contributed by atoms with Gasteiger partial charge in [0.2, 0.25) is 5.69 Å². The van der Waals surface area contributed by atoms with E-state index in [1.807, 2.05) is 79.3 Å². The maximum absolute atomic E-state index is 13.9. The van der Waals surface area contributed by atoms with Crippen LogP contribution in [-0.2, 0) is 17.2 Å². The third kappa shape index (κ3) is 6.95. The van der Waals surface area contributed by atoms with E-state index in [2.05, 4.69) is 53.0 Å². The quantitative estimate of drug-likeness (QED) is 0.204. The van der Waals surface area contributed by atoms with E-state index in [1.54, 1.807) is 23.9 Å². The molecule has 224 valence electrons. The lowest BCUT2D eigenvalue weighted by atomic mass is 10.2. The number of aromatic nitrogens is 2. The van der Waals surface area contributed by atoms with Gasteiger partial charge in [0.05, 0.1) is 10.6 Å². The van der Waals surface area contributed by atoms with E-state index < -0.39 is 10.1 Å². The summed E-state index contributed by atoms with van der Waals surface area (Å²) in [5.74, 6) is 0. The van der Waals surface area contributed by atoms with Crippen molar-refractivity contribution in [1.29, 1.82) is 0 Å². The van der Waals surface area contributed by atoms with Gasteiger partial charge in [-0.25, -0.2) is 13.0 Å². The minimum absolute atomic E-state index is 0.000202. The molecule has 0 amide bonds. The Balaban J connectivity index is 0.000000296. The third-order valence-electron chi connectivity index (χ3n) is 6.90. The van der Waals surface area contributed by atoms with Crippen LogP contribution in [0.15, 0.2) is 124 Å². The highest BCUT2D eigenvalue weighted by molar-refractivity contribution is 8.11. The summed E-state index contributed by atoms with van der Waals surface area (Å²) in [6, 6.07) is 30.2. The lowest BCUT2D eigenvalue weighted by molar-refractivity contribution is -0.673. The predicted molar refractivity (Wildman–Crippen MR) is 178 cm³/mol. The van der Waals surface area contributed by atoms with Crippen LogP contribution in [0.1, 0.15) is 23.7 Å². The SMILES string of the molecule is CC1=CS/C(=c2/s/c(=C\c3cccc[n+]3C)n(-c3ccc(C)cc3)c2=O)N1c1ccccc1.Cc1ccc(S(=O)(=O)[O-])cc1. The molecule has 1 aliphatic rings. The summed E-state index contributed by atoms with van der Waals surface area (Å²) in [4.78, 5) is 15.9. The van der Waals surface area contributed by atoms with Crippen molar-refractivity contribution in [3.8, 4) is 5.69 Å². The highest BCUT2D eigenvalue weighted by atomic mass is 32.2. The molecule has 5 aromatic rings. The van der Waals surface area contributed by atoms with Gasteiger partial charge in [-0.2, -0.15) is 0 Å². The fraction of sp³-hybridized carbons (Fsp3) is 0.118. The zero-order valence-electron chi connectivity index (χ0n) is 24.7. The summed E-state index contributed by atoms with van der Waals surface area (Å²) < 4.78 is 36.7. The zero-order chi connectivity index (χ0) is 31.4. The lowest BCUT2D eigenvalue weighted by Crippen LogP contribution is -2.34. The van der Waals surface area contributed by atoms with Crippen molar-refractivity contribution in [2.75, 3.05) is 4.90 Å². The molecule has 44 heavy (non-hydrogen) atoms. The van der Waals surface area contributed by atoms with E-state index in [4.69, 9.17) is 0 Å². The number of thiazole rings is 1. The second kappa shape index (κ2) is 13.2. The molecule has 0 saturated carbocycles. The van der Waals surface area contributed by atoms with Crippen LogP contribution in [0.25, 0.3) is 16.8 Å². The monoisotopic (exact) mass is 641 g/mol. The van der Waals surface area contributed by atoms with Crippen LogP contribution in [-0.4, -0.2) is 17.5 Å². The van der Waals surface area contributed by atoms with Crippen LogP contribution in [0.4, 0.5) is 5.69 Å². The van der Waals surface area contributed by atoms with Crippen molar-refractivity contribution < 1.29 is 17.5 Å². The first-order valence-corrected chi connectivity index (χ1v) is 16.8. The van der Waals surface area contributed by atoms with Crippen LogP contribution in [0.3, 0.4) is 0 Å². The molecule has 2 aromatic heterocycles. The number of rotatable bonds is 4. The Morgan fingerprint density at radius 3 is 2.02 bits per heavy atom. The number of hydrogen-bond donors (Lipinski definition) is 0. The normalized spacial score (nSPS) is 14.7. The highest BCUT2D eigenvalue weighted by Gasteiger charge is 2.24. The van der Waals surface area contributed by atoms with Gasteiger partial charge in [-0.15, -0.1) is 11.3 Å². The molecule has 10 heteroatoms. The minimum atomic E-state index is -4.27. The molecule has 0 spiro atoms. The van der Waals surface area contributed by atoms with Crippen LogP contribution < -0.4 is 24.2 Å². The van der Waals surface area contributed by atoms with Crippen molar-refractivity contribution in [3.05, 3.63) is 151 Å². The number of nitrogens with zero attached hydrogens (tertiary/aromatic N) is 3. The summed E-state index contributed by atoms with van der Waals surface area (Å²) in [5, 5.41) is 3.06. The van der Waals surface area contributed by atoms with Gasteiger partial charge in [-0.1, -0.05) is 65.4 Å². The summed E-state index contributed by atoms with van der Waals surface area (Å²) in [7, 11) is -2.26. The summed E-state index contributed by atoms with van der Waals surface area (Å²) in [6.45, 7) is 5.96. The zero-order valence-corrected chi connectivity index (χ0v) is 27.1.